The lowest BCUT2D eigenvalue weighted by atomic mass is 10.2. The summed E-state index contributed by atoms with van der Waals surface area (Å²) in [5.74, 6) is -0.510. The van der Waals surface area contributed by atoms with E-state index in [0.29, 0.717) is 10.0 Å². The fourth-order valence-electron chi connectivity index (χ4n) is 1.49. The third-order valence-corrected chi connectivity index (χ3v) is 3.07. The predicted molar refractivity (Wildman–Crippen MR) is 71.3 cm³/mol. The van der Waals surface area contributed by atoms with Gasteiger partial charge in [0, 0.05) is 10.0 Å². The maximum atomic E-state index is 11.4. The standard InChI is InChI=1S/C11H10Cl2N4O2/c1-19-11(18)9-10(14)17(16-15-9)5-6-2-3-7(12)4-8(6)13/h2-4H,5,14H2,1H3. The first-order valence-corrected chi connectivity index (χ1v) is 5.99. The van der Waals surface area contributed by atoms with Gasteiger partial charge in [0.2, 0.25) is 5.69 Å². The van der Waals surface area contributed by atoms with Gasteiger partial charge in [-0.15, -0.1) is 5.10 Å². The summed E-state index contributed by atoms with van der Waals surface area (Å²) >= 11 is 11.9. The predicted octanol–water partition coefficient (Wildman–Crippen LogP) is 2.00. The molecule has 2 aromatic rings. The summed E-state index contributed by atoms with van der Waals surface area (Å²) in [7, 11) is 1.25. The van der Waals surface area contributed by atoms with Gasteiger partial charge in [0.05, 0.1) is 13.7 Å². The molecule has 100 valence electrons. The number of carbonyl (C=O) groups is 1. The Morgan fingerprint density at radius 2 is 2.21 bits per heavy atom. The Hall–Kier alpha value is -1.79. The average molecular weight is 301 g/mol. The van der Waals surface area contributed by atoms with E-state index in [4.69, 9.17) is 28.9 Å². The van der Waals surface area contributed by atoms with Gasteiger partial charge in [-0.25, -0.2) is 9.48 Å². The van der Waals surface area contributed by atoms with E-state index in [1.165, 1.54) is 11.8 Å². The van der Waals surface area contributed by atoms with Crippen LogP contribution in [0.15, 0.2) is 18.2 Å². The molecule has 0 fully saturated rings. The van der Waals surface area contributed by atoms with E-state index in [9.17, 15) is 4.79 Å². The molecule has 0 aliphatic rings. The molecule has 6 nitrogen and oxygen atoms in total. The second kappa shape index (κ2) is 5.46. The van der Waals surface area contributed by atoms with E-state index >= 15 is 0 Å². The summed E-state index contributed by atoms with van der Waals surface area (Å²) in [5.41, 5.74) is 6.52. The fraction of sp³-hybridized carbons (Fsp3) is 0.182. The zero-order valence-corrected chi connectivity index (χ0v) is 11.4. The fourth-order valence-corrected chi connectivity index (χ4v) is 1.96. The lowest BCUT2D eigenvalue weighted by Crippen LogP contribution is -2.09. The molecule has 0 unspecified atom stereocenters. The minimum atomic E-state index is -0.633. The van der Waals surface area contributed by atoms with Crippen LogP contribution >= 0.6 is 23.2 Å². The molecule has 0 atom stereocenters. The van der Waals surface area contributed by atoms with Crippen molar-refractivity contribution in [3.8, 4) is 0 Å². The molecule has 0 saturated carbocycles. The van der Waals surface area contributed by atoms with Gasteiger partial charge in [0.25, 0.3) is 0 Å². The summed E-state index contributed by atoms with van der Waals surface area (Å²) in [6, 6.07) is 5.08. The molecule has 2 rings (SSSR count). The number of anilines is 1. The number of nitrogens with two attached hydrogens (primary N) is 1. The molecular formula is C11H10Cl2N4O2. The Labute approximate surface area is 119 Å². The van der Waals surface area contributed by atoms with Crippen LogP contribution in [0.5, 0.6) is 0 Å². The maximum absolute atomic E-state index is 11.4. The van der Waals surface area contributed by atoms with Gasteiger partial charge in [-0.2, -0.15) is 0 Å². The Balaban J connectivity index is 2.29. The van der Waals surface area contributed by atoms with Gasteiger partial charge < -0.3 is 10.5 Å². The van der Waals surface area contributed by atoms with Crippen molar-refractivity contribution in [1.82, 2.24) is 15.0 Å². The van der Waals surface area contributed by atoms with Crippen LogP contribution in [0.2, 0.25) is 10.0 Å². The summed E-state index contributed by atoms with van der Waals surface area (Å²) in [4.78, 5) is 11.4. The monoisotopic (exact) mass is 300 g/mol. The van der Waals surface area contributed by atoms with E-state index in [1.54, 1.807) is 18.2 Å². The molecule has 8 heteroatoms. The molecule has 19 heavy (non-hydrogen) atoms. The third kappa shape index (κ3) is 2.80. The molecule has 0 amide bonds. The average Bonchev–Trinajstić information content (AvgIpc) is 2.73. The number of methoxy groups -OCH3 is 1. The number of hydrogen-bond donors (Lipinski definition) is 1. The number of benzene rings is 1. The van der Waals surface area contributed by atoms with Crippen LogP contribution in [0.1, 0.15) is 16.1 Å². The number of aromatic nitrogens is 3. The van der Waals surface area contributed by atoms with Gasteiger partial charge in [0.1, 0.15) is 0 Å². The highest BCUT2D eigenvalue weighted by molar-refractivity contribution is 6.35. The Morgan fingerprint density at radius 3 is 2.84 bits per heavy atom. The summed E-state index contributed by atoms with van der Waals surface area (Å²) in [5, 5.41) is 8.49. The highest BCUT2D eigenvalue weighted by atomic mass is 35.5. The smallest absolute Gasteiger partial charge is 0.362 e. The van der Waals surface area contributed by atoms with Gasteiger partial charge in [-0.3, -0.25) is 0 Å². The molecule has 1 heterocycles. The second-order valence-corrected chi connectivity index (χ2v) is 4.55. The van der Waals surface area contributed by atoms with Crippen molar-refractivity contribution >= 4 is 35.0 Å². The van der Waals surface area contributed by atoms with Crippen molar-refractivity contribution in [3.63, 3.8) is 0 Å². The Kier molecular flexibility index (Phi) is 3.92. The van der Waals surface area contributed by atoms with Crippen molar-refractivity contribution < 1.29 is 9.53 Å². The number of hydrogen-bond acceptors (Lipinski definition) is 5. The zero-order valence-electron chi connectivity index (χ0n) is 9.93. The normalized spacial score (nSPS) is 10.5. The highest BCUT2D eigenvalue weighted by Gasteiger charge is 2.18. The van der Waals surface area contributed by atoms with Gasteiger partial charge >= 0.3 is 5.97 Å². The van der Waals surface area contributed by atoms with Gasteiger partial charge in [-0.05, 0) is 17.7 Å². The molecule has 0 saturated heterocycles. The van der Waals surface area contributed by atoms with Crippen LogP contribution in [-0.4, -0.2) is 28.1 Å². The topological polar surface area (TPSA) is 83.0 Å². The summed E-state index contributed by atoms with van der Waals surface area (Å²) < 4.78 is 5.90. The Bertz CT molecular complexity index is 627. The largest absolute Gasteiger partial charge is 0.464 e. The molecule has 1 aromatic carbocycles. The van der Waals surface area contributed by atoms with Crippen LogP contribution in [0.4, 0.5) is 5.82 Å². The number of nitrogen functional groups attached to an aromatic ring is 1. The van der Waals surface area contributed by atoms with Crippen molar-refractivity contribution in [1.29, 1.82) is 0 Å². The highest BCUT2D eigenvalue weighted by Crippen LogP contribution is 2.22. The molecule has 0 aliphatic heterocycles. The van der Waals surface area contributed by atoms with Crippen molar-refractivity contribution in [2.75, 3.05) is 12.8 Å². The van der Waals surface area contributed by atoms with Gasteiger partial charge in [0.15, 0.2) is 5.82 Å². The zero-order chi connectivity index (χ0) is 14.0. The van der Waals surface area contributed by atoms with Crippen LogP contribution in [0.25, 0.3) is 0 Å². The Morgan fingerprint density at radius 1 is 1.47 bits per heavy atom. The van der Waals surface area contributed by atoms with Crippen molar-refractivity contribution in [2.45, 2.75) is 6.54 Å². The number of carbonyl (C=O) groups excluding carboxylic acids is 1. The minimum Gasteiger partial charge on any atom is -0.464 e. The SMILES string of the molecule is COC(=O)c1nnn(Cc2ccc(Cl)cc2Cl)c1N. The summed E-state index contributed by atoms with van der Waals surface area (Å²) in [6.07, 6.45) is 0. The lowest BCUT2D eigenvalue weighted by Gasteiger charge is -2.06. The first-order chi connectivity index (χ1) is 9.02. The number of nitrogens with zero attached hydrogens (tertiary/aromatic N) is 3. The first-order valence-electron chi connectivity index (χ1n) is 5.24. The molecule has 0 spiro atoms. The van der Waals surface area contributed by atoms with Gasteiger partial charge in [-0.1, -0.05) is 34.5 Å². The van der Waals surface area contributed by atoms with E-state index in [2.05, 4.69) is 15.0 Å². The lowest BCUT2D eigenvalue weighted by molar-refractivity contribution is 0.0595. The van der Waals surface area contributed by atoms with E-state index < -0.39 is 5.97 Å². The number of halogens is 2. The number of rotatable bonds is 3. The molecule has 0 bridgehead atoms. The summed E-state index contributed by atoms with van der Waals surface area (Å²) in [6.45, 7) is 0.284. The van der Waals surface area contributed by atoms with Crippen LogP contribution < -0.4 is 5.73 Å². The second-order valence-electron chi connectivity index (χ2n) is 3.71. The van der Waals surface area contributed by atoms with E-state index in [1.807, 2.05) is 0 Å². The van der Waals surface area contributed by atoms with Crippen LogP contribution in [-0.2, 0) is 11.3 Å². The van der Waals surface area contributed by atoms with Crippen LogP contribution in [0, 0.1) is 0 Å². The molecule has 0 radical (unpaired) electrons. The first kappa shape index (κ1) is 13.6. The van der Waals surface area contributed by atoms with Crippen LogP contribution in [0.3, 0.4) is 0 Å². The molecule has 1 aromatic heterocycles. The van der Waals surface area contributed by atoms with Crippen molar-refractivity contribution in [2.24, 2.45) is 0 Å². The van der Waals surface area contributed by atoms with Crippen molar-refractivity contribution in [3.05, 3.63) is 39.5 Å². The third-order valence-electron chi connectivity index (χ3n) is 2.49. The van der Waals surface area contributed by atoms with E-state index in [0.717, 1.165) is 5.56 Å². The number of ether oxygens (including phenoxy) is 1. The maximum Gasteiger partial charge on any atom is 0.362 e. The molecule has 0 aliphatic carbocycles. The molecular weight excluding hydrogens is 291 g/mol. The number of esters is 1. The quantitative estimate of drug-likeness (QED) is 0.877. The van der Waals surface area contributed by atoms with E-state index in [-0.39, 0.29) is 18.1 Å². The molecule has 2 N–H and O–H groups in total. The minimum absolute atomic E-state index is 0.0208.